The maximum Gasteiger partial charge on any atom is 0.289 e. The van der Waals surface area contributed by atoms with Crippen molar-refractivity contribution in [2.45, 2.75) is 36.2 Å². The van der Waals surface area contributed by atoms with Crippen molar-refractivity contribution in [3.05, 3.63) is 34.4 Å². The Balaban J connectivity index is 2.27. The first-order valence-corrected chi connectivity index (χ1v) is 7.40. The van der Waals surface area contributed by atoms with E-state index in [0.717, 1.165) is 6.42 Å². The summed E-state index contributed by atoms with van der Waals surface area (Å²) in [6, 6.07) is 5.03. The van der Waals surface area contributed by atoms with E-state index in [4.69, 9.17) is 5.73 Å². The number of benzene rings is 1. The van der Waals surface area contributed by atoms with Crippen LogP contribution < -0.4 is 10.5 Å². The molecular weight excluding hydrogens is 270 g/mol. The van der Waals surface area contributed by atoms with E-state index in [2.05, 4.69) is 4.72 Å². The average molecular weight is 285 g/mol. The van der Waals surface area contributed by atoms with Crippen molar-refractivity contribution in [1.29, 1.82) is 0 Å². The van der Waals surface area contributed by atoms with Crippen molar-refractivity contribution in [3.8, 4) is 0 Å². The van der Waals surface area contributed by atoms with Crippen molar-refractivity contribution in [2.75, 3.05) is 0 Å². The van der Waals surface area contributed by atoms with Crippen LogP contribution in [0.1, 0.15) is 19.3 Å². The second kappa shape index (κ2) is 5.24. The maximum absolute atomic E-state index is 12.2. The molecule has 0 saturated heterocycles. The minimum atomic E-state index is -3.89. The van der Waals surface area contributed by atoms with Gasteiger partial charge in [-0.3, -0.25) is 10.1 Å². The highest BCUT2D eigenvalue weighted by Crippen LogP contribution is 2.25. The first-order valence-electron chi connectivity index (χ1n) is 5.91. The third-order valence-electron chi connectivity index (χ3n) is 3.15. The summed E-state index contributed by atoms with van der Waals surface area (Å²) in [5.74, 6) is 0. The molecule has 104 valence electrons. The van der Waals surface area contributed by atoms with Crippen molar-refractivity contribution in [3.63, 3.8) is 0 Å². The van der Waals surface area contributed by atoms with Gasteiger partial charge < -0.3 is 5.73 Å². The Morgan fingerprint density at radius 1 is 1.32 bits per heavy atom. The molecule has 1 fully saturated rings. The molecule has 1 aromatic rings. The molecular formula is C11H15N3O4S. The predicted octanol–water partition coefficient (Wildman–Crippen LogP) is 0.753. The summed E-state index contributed by atoms with van der Waals surface area (Å²) in [5, 5.41) is 10.9. The Morgan fingerprint density at radius 2 is 2.00 bits per heavy atom. The van der Waals surface area contributed by atoms with Crippen LogP contribution in [0.3, 0.4) is 0 Å². The van der Waals surface area contributed by atoms with Crippen LogP contribution in [0.4, 0.5) is 5.69 Å². The summed E-state index contributed by atoms with van der Waals surface area (Å²) in [4.78, 5) is 9.85. The van der Waals surface area contributed by atoms with Crippen molar-refractivity contribution >= 4 is 15.7 Å². The van der Waals surface area contributed by atoms with E-state index in [1.54, 1.807) is 0 Å². The van der Waals surface area contributed by atoms with E-state index in [1.807, 2.05) is 0 Å². The van der Waals surface area contributed by atoms with Gasteiger partial charge in [-0.15, -0.1) is 0 Å². The highest BCUT2D eigenvalue weighted by Gasteiger charge is 2.30. The molecule has 0 bridgehead atoms. The van der Waals surface area contributed by atoms with E-state index < -0.39 is 20.6 Å². The second-order valence-electron chi connectivity index (χ2n) is 4.62. The Labute approximate surface area is 111 Å². The van der Waals surface area contributed by atoms with Gasteiger partial charge in [0.05, 0.1) is 4.92 Å². The van der Waals surface area contributed by atoms with Gasteiger partial charge in [0, 0.05) is 18.2 Å². The second-order valence-corrected chi connectivity index (χ2v) is 6.30. The summed E-state index contributed by atoms with van der Waals surface area (Å²) in [6.45, 7) is 0. The average Bonchev–Trinajstić information content (AvgIpc) is 2.74. The van der Waals surface area contributed by atoms with Gasteiger partial charge in [-0.05, 0) is 25.3 Å². The molecule has 1 aliphatic carbocycles. The zero-order chi connectivity index (χ0) is 14.0. The minimum Gasteiger partial charge on any atom is -0.328 e. The topological polar surface area (TPSA) is 115 Å². The summed E-state index contributed by atoms with van der Waals surface area (Å²) < 4.78 is 26.8. The van der Waals surface area contributed by atoms with Gasteiger partial charge in [-0.2, -0.15) is 0 Å². The summed E-state index contributed by atoms with van der Waals surface area (Å²) >= 11 is 0. The third-order valence-corrected chi connectivity index (χ3v) is 4.71. The first kappa shape index (κ1) is 13.9. The number of nitrogens with one attached hydrogen (secondary N) is 1. The molecule has 0 aromatic heterocycles. The Bertz CT molecular complexity index is 587. The highest BCUT2D eigenvalue weighted by molar-refractivity contribution is 7.89. The van der Waals surface area contributed by atoms with Crippen molar-refractivity contribution in [1.82, 2.24) is 4.72 Å². The third kappa shape index (κ3) is 3.09. The van der Waals surface area contributed by atoms with Gasteiger partial charge in [0.15, 0.2) is 4.90 Å². The molecule has 0 spiro atoms. The number of nitro groups is 1. The molecule has 1 saturated carbocycles. The van der Waals surface area contributed by atoms with E-state index in [0.29, 0.717) is 12.8 Å². The standard InChI is InChI=1S/C11H15N3O4S/c12-8-5-6-9(7-8)13-19(17,18)11-4-2-1-3-10(11)14(15)16/h1-4,8-9,13H,5-7,12H2/t8-,9+/m0/s1. The van der Waals surface area contributed by atoms with Crippen LogP contribution in [0.25, 0.3) is 0 Å². The fourth-order valence-corrected chi connectivity index (χ4v) is 3.70. The molecule has 0 heterocycles. The van der Waals surface area contributed by atoms with Gasteiger partial charge in [0.1, 0.15) is 0 Å². The van der Waals surface area contributed by atoms with Crippen LogP contribution in [0.15, 0.2) is 29.2 Å². The fraction of sp³-hybridized carbons (Fsp3) is 0.455. The van der Waals surface area contributed by atoms with E-state index in [-0.39, 0.29) is 17.0 Å². The molecule has 0 unspecified atom stereocenters. The Hall–Kier alpha value is -1.51. The van der Waals surface area contributed by atoms with Crippen LogP contribution in [0.5, 0.6) is 0 Å². The lowest BCUT2D eigenvalue weighted by molar-refractivity contribution is -0.387. The molecule has 0 aliphatic heterocycles. The lowest BCUT2D eigenvalue weighted by atomic mass is 10.2. The van der Waals surface area contributed by atoms with Crippen LogP contribution in [0.2, 0.25) is 0 Å². The summed E-state index contributed by atoms with van der Waals surface area (Å²) in [7, 11) is -3.89. The largest absolute Gasteiger partial charge is 0.328 e. The number of nitrogens with zero attached hydrogens (tertiary/aromatic N) is 1. The zero-order valence-electron chi connectivity index (χ0n) is 10.2. The van der Waals surface area contributed by atoms with Crippen molar-refractivity contribution < 1.29 is 13.3 Å². The molecule has 1 aromatic carbocycles. The molecule has 8 heteroatoms. The van der Waals surface area contributed by atoms with Crippen LogP contribution in [-0.4, -0.2) is 25.4 Å². The summed E-state index contributed by atoms with van der Waals surface area (Å²) in [5.41, 5.74) is 5.30. The zero-order valence-corrected chi connectivity index (χ0v) is 11.0. The molecule has 7 nitrogen and oxygen atoms in total. The number of nitro benzene ring substituents is 1. The van der Waals surface area contributed by atoms with E-state index >= 15 is 0 Å². The fourth-order valence-electron chi connectivity index (χ4n) is 2.24. The van der Waals surface area contributed by atoms with Gasteiger partial charge >= 0.3 is 0 Å². The normalized spacial score (nSPS) is 23.4. The number of sulfonamides is 1. The predicted molar refractivity (Wildman–Crippen MR) is 69.0 cm³/mol. The maximum atomic E-state index is 12.2. The molecule has 0 amide bonds. The SMILES string of the molecule is N[C@H]1CC[C@@H](NS(=O)(=O)c2ccccc2[N+](=O)[O-])C1. The molecule has 19 heavy (non-hydrogen) atoms. The van der Waals surface area contributed by atoms with Crippen LogP contribution in [-0.2, 0) is 10.0 Å². The van der Waals surface area contributed by atoms with E-state index in [9.17, 15) is 18.5 Å². The monoisotopic (exact) mass is 285 g/mol. The smallest absolute Gasteiger partial charge is 0.289 e. The highest BCUT2D eigenvalue weighted by atomic mass is 32.2. The van der Waals surface area contributed by atoms with E-state index in [1.165, 1.54) is 24.3 Å². The van der Waals surface area contributed by atoms with Crippen LogP contribution >= 0.6 is 0 Å². The van der Waals surface area contributed by atoms with Gasteiger partial charge in [-0.1, -0.05) is 12.1 Å². The molecule has 3 N–H and O–H groups in total. The minimum absolute atomic E-state index is 0.0153. The number of hydrogen-bond acceptors (Lipinski definition) is 5. The lowest BCUT2D eigenvalue weighted by Gasteiger charge is -2.12. The number of hydrogen-bond donors (Lipinski definition) is 2. The summed E-state index contributed by atoms with van der Waals surface area (Å²) in [6.07, 6.45) is 1.96. The first-order chi connectivity index (χ1) is 8.90. The van der Waals surface area contributed by atoms with Gasteiger partial charge in [0.25, 0.3) is 5.69 Å². The molecule has 1 aliphatic rings. The van der Waals surface area contributed by atoms with Gasteiger partial charge in [0.2, 0.25) is 10.0 Å². The number of rotatable bonds is 4. The lowest BCUT2D eigenvalue weighted by Crippen LogP contribution is -2.34. The van der Waals surface area contributed by atoms with Crippen LogP contribution in [0, 0.1) is 10.1 Å². The number of nitrogens with two attached hydrogens (primary N) is 1. The van der Waals surface area contributed by atoms with Crippen molar-refractivity contribution in [2.24, 2.45) is 5.73 Å². The Morgan fingerprint density at radius 3 is 2.58 bits per heavy atom. The Kier molecular flexibility index (Phi) is 3.83. The molecule has 0 radical (unpaired) electrons. The quantitative estimate of drug-likeness (QED) is 0.625. The number of para-hydroxylation sites is 1. The molecule has 2 rings (SSSR count). The molecule has 2 atom stereocenters. The van der Waals surface area contributed by atoms with Gasteiger partial charge in [-0.25, -0.2) is 13.1 Å².